The van der Waals surface area contributed by atoms with Crippen LogP contribution in [0.1, 0.15) is 39.0 Å². The van der Waals surface area contributed by atoms with Crippen LogP contribution in [0, 0.1) is 5.92 Å². The largest absolute Gasteiger partial charge is 0.327 e. The minimum atomic E-state index is -0.142. The van der Waals surface area contributed by atoms with Gasteiger partial charge in [-0.2, -0.15) is 0 Å². The molecule has 4 heteroatoms. The summed E-state index contributed by atoms with van der Waals surface area (Å²) in [6.45, 7) is 2.93. The Morgan fingerprint density at radius 1 is 1.19 bits per heavy atom. The van der Waals surface area contributed by atoms with E-state index >= 15 is 0 Å². The van der Waals surface area contributed by atoms with E-state index in [1.54, 1.807) is 9.80 Å². The molecule has 4 nitrogen and oxygen atoms in total. The number of fused-ring (bicyclic) bond motifs is 1. The first-order valence-electron chi connectivity index (χ1n) is 6.32. The van der Waals surface area contributed by atoms with E-state index in [9.17, 15) is 9.59 Å². The van der Waals surface area contributed by atoms with Crippen LogP contribution in [0.5, 0.6) is 0 Å². The van der Waals surface area contributed by atoms with Gasteiger partial charge in [0.25, 0.3) is 5.91 Å². The molecule has 0 bridgehead atoms. The minimum Gasteiger partial charge on any atom is -0.312 e. The fraction of sp³-hybridized carbons (Fsp3) is 0.833. The van der Waals surface area contributed by atoms with Crippen LogP contribution in [-0.4, -0.2) is 40.4 Å². The Bertz CT molecular complexity index is 338. The lowest BCUT2D eigenvalue weighted by atomic mass is 9.90. The predicted molar refractivity (Wildman–Crippen MR) is 58.8 cm³/mol. The third-order valence-corrected chi connectivity index (χ3v) is 4.28. The number of imide groups is 1. The van der Waals surface area contributed by atoms with Crippen molar-refractivity contribution < 1.29 is 9.59 Å². The molecule has 0 aromatic rings. The summed E-state index contributed by atoms with van der Waals surface area (Å²) in [4.78, 5) is 27.7. The van der Waals surface area contributed by atoms with Crippen LogP contribution in [0.4, 0.5) is 4.79 Å². The summed E-state index contributed by atoms with van der Waals surface area (Å²) in [5.41, 5.74) is 0. The smallest absolute Gasteiger partial charge is 0.312 e. The van der Waals surface area contributed by atoms with Gasteiger partial charge < -0.3 is 4.90 Å². The average Bonchev–Trinajstić information content (AvgIpc) is 2.41. The van der Waals surface area contributed by atoms with E-state index in [1.807, 2.05) is 0 Å². The summed E-state index contributed by atoms with van der Waals surface area (Å²) >= 11 is 0. The monoisotopic (exact) mass is 222 g/mol. The molecule has 2 atom stereocenters. The average molecular weight is 222 g/mol. The van der Waals surface area contributed by atoms with Gasteiger partial charge in [-0.15, -0.1) is 0 Å². The van der Waals surface area contributed by atoms with E-state index in [0.29, 0.717) is 5.92 Å². The molecule has 0 aromatic carbocycles. The highest BCUT2D eigenvalue weighted by Crippen LogP contribution is 2.35. The van der Waals surface area contributed by atoms with Crippen molar-refractivity contribution in [2.45, 2.75) is 51.1 Å². The molecule has 2 unspecified atom stereocenters. The molecule has 16 heavy (non-hydrogen) atoms. The Hall–Kier alpha value is -1.06. The van der Waals surface area contributed by atoms with E-state index in [4.69, 9.17) is 0 Å². The van der Waals surface area contributed by atoms with Crippen molar-refractivity contribution in [3.05, 3.63) is 0 Å². The second kappa shape index (κ2) is 3.47. The van der Waals surface area contributed by atoms with Crippen molar-refractivity contribution >= 4 is 11.9 Å². The number of urea groups is 1. The van der Waals surface area contributed by atoms with Crippen LogP contribution < -0.4 is 0 Å². The molecule has 3 amide bonds. The number of hydrogen-bond acceptors (Lipinski definition) is 2. The SMILES string of the molecule is CC1CCN2C(=O)N(C3CCC3)C(=O)C2C1. The molecule has 0 spiro atoms. The van der Waals surface area contributed by atoms with Gasteiger partial charge in [0.2, 0.25) is 0 Å². The highest BCUT2D eigenvalue weighted by molar-refractivity contribution is 6.04. The van der Waals surface area contributed by atoms with E-state index in [0.717, 1.165) is 38.6 Å². The standard InChI is InChI=1S/C12H18N2O2/c1-8-5-6-13-10(7-8)11(15)14(12(13)16)9-3-2-4-9/h8-10H,2-7H2,1H3. The molecule has 0 N–H and O–H groups in total. The first kappa shape index (κ1) is 10.1. The van der Waals surface area contributed by atoms with Crippen molar-refractivity contribution in [3.63, 3.8) is 0 Å². The van der Waals surface area contributed by atoms with E-state index < -0.39 is 0 Å². The van der Waals surface area contributed by atoms with E-state index in [-0.39, 0.29) is 24.0 Å². The van der Waals surface area contributed by atoms with Gasteiger partial charge in [0, 0.05) is 12.6 Å². The van der Waals surface area contributed by atoms with Crippen molar-refractivity contribution in [1.82, 2.24) is 9.80 Å². The van der Waals surface area contributed by atoms with Gasteiger partial charge in [0.15, 0.2) is 0 Å². The molecule has 1 saturated carbocycles. The lowest BCUT2D eigenvalue weighted by Crippen LogP contribution is -2.45. The second-order valence-corrected chi connectivity index (χ2v) is 5.41. The minimum absolute atomic E-state index is 0.0217. The first-order chi connectivity index (χ1) is 7.68. The van der Waals surface area contributed by atoms with Crippen LogP contribution in [0.2, 0.25) is 0 Å². The summed E-state index contributed by atoms with van der Waals surface area (Å²) in [6, 6.07) is 0.0457. The first-order valence-corrected chi connectivity index (χ1v) is 6.32. The topological polar surface area (TPSA) is 40.6 Å². The highest BCUT2D eigenvalue weighted by Gasteiger charge is 2.50. The maximum absolute atomic E-state index is 12.2. The summed E-state index contributed by atoms with van der Waals surface area (Å²) in [5.74, 6) is 0.639. The number of carbonyl (C=O) groups excluding carboxylic acids is 2. The van der Waals surface area contributed by atoms with Gasteiger partial charge in [-0.3, -0.25) is 9.69 Å². The van der Waals surface area contributed by atoms with E-state index in [1.165, 1.54) is 0 Å². The lowest BCUT2D eigenvalue weighted by molar-refractivity contribution is -0.131. The quantitative estimate of drug-likeness (QED) is 0.632. The number of amides is 3. The maximum Gasteiger partial charge on any atom is 0.327 e. The zero-order valence-corrected chi connectivity index (χ0v) is 9.69. The van der Waals surface area contributed by atoms with Gasteiger partial charge in [-0.1, -0.05) is 6.92 Å². The molecule has 3 aliphatic rings. The normalized spacial score (nSPS) is 35.3. The Kier molecular flexibility index (Phi) is 2.19. The van der Waals surface area contributed by atoms with Crippen LogP contribution in [0.25, 0.3) is 0 Å². The Balaban J connectivity index is 1.83. The molecule has 3 rings (SSSR count). The molecule has 2 heterocycles. The van der Waals surface area contributed by atoms with Crippen LogP contribution in [0.3, 0.4) is 0 Å². The molecular weight excluding hydrogens is 204 g/mol. The molecular formula is C12H18N2O2. The van der Waals surface area contributed by atoms with Crippen LogP contribution in [0.15, 0.2) is 0 Å². The number of piperidine rings is 1. The zero-order chi connectivity index (χ0) is 11.3. The lowest BCUT2D eigenvalue weighted by Gasteiger charge is -2.32. The van der Waals surface area contributed by atoms with Crippen LogP contribution in [-0.2, 0) is 4.79 Å². The zero-order valence-electron chi connectivity index (χ0n) is 9.69. The fourth-order valence-electron chi connectivity index (χ4n) is 2.98. The number of hydrogen-bond donors (Lipinski definition) is 0. The Morgan fingerprint density at radius 2 is 1.94 bits per heavy atom. The molecule has 1 aliphatic carbocycles. The van der Waals surface area contributed by atoms with Crippen molar-refractivity contribution in [2.75, 3.05) is 6.54 Å². The summed E-state index contributed by atoms with van der Waals surface area (Å²) in [5, 5.41) is 0. The number of carbonyl (C=O) groups is 2. The molecule has 2 saturated heterocycles. The maximum atomic E-state index is 12.2. The molecule has 0 aromatic heterocycles. The molecule has 3 fully saturated rings. The van der Waals surface area contributed by atoms with Gasteiger partial charge in [0.1, 0.15) is 6.04 Å². The van der Waals surface area contributed by atoms with Crippen molar-refractivity contribution in [3.8, 4) is 0 Å². The van der Waals surface area contributed by atoms with Crippen molar-refractivity contribution in [2.24, 2.45) is 5.92 Å². The Morgan fingerprint density at radius 3 is 2.56 bits per heavy atom. The highest BCUT2D eigenvalue weighted by atomic mass is 16.2. The summed E-state index contributed by atoms with van der Waals surface area (Å²) in [6.07, 6.45) is 5.06. The second-order valence-electron chi connectivity index (χ2n) is 5.41. The molecule has 0 radical (unpaired) electrons. The van der Waals surface area contributed by atoms with E-state index in [2.05, 4.69) is 6.92 Å². The predicted octanol–water partition coefficient (Wildman–Crippen LogP) is 1.60. The Labute approximate surface area is 95.6 Å². The van der Waals surface area contributed by atoms with Gasteiger partial charge >= 0.3 is 6.03 Å². The van der Waals surface area contributed by atoms with Gasteiger partial charge in [0.05, 0.1) is 0 Å². The van der Waals surface area contributed by atoms with Crippen LogP contribution >= 0.6 is 0 Å². The molecule has 88 valence electrons. The van der Waals surface area contributed by atoms with Crippen molar-refractivity contribution in [1.29, 1.82) is 0 Å². The third kappa shape index (κ3) is 1.28. The van der Waals surface area contributed by atoms with Gasteiger partial charge in [-0.25, -0.2) is 4.79 Å². The fourth-order valence-corrected chi connectivity index (χ4v) is 2.98. The number of rotatable bonds is 1. The summed E-state index contributed by atoms with van der Waals surface area (Å²) < 4.78 is 0. The molecule has 2 aliphatic heterocycles. The number of nitrogens with zero attached hydrogens (tertiary/aromatic N) is 2. The third-order valence-electron chi connectivity index (χ3n) is 4.28. The summed E-state index contributed by atoms with van der Waals surface area (Å²) in [7, 11) is 0. The van der Waals surface area contributed by atoms with Gasteiger partial charge in [-0.05, 0) is 38.0 Å².